The molecule has 0 aliphatic rings. The molecule has 0 saturated carbocycles. The van der Waals surface area contributed by atoms with Crippen LogP contribution in [0.15, 0.2) is 24.3 Å². The number of hydrogen-bond acceptors (Lipinski definition) is 0. The average Bonchev–Trinajstić information content (AvgIpc) is 2.02. The van der Waals surface area contributed by atoms with Crippen molar-refractivity contribution < 1.29 is 13.2 Å². The molecule has 0 aliphatic carbocycles. The molecule has 0 saturated heterocycles. The summed E-state index contributed by atoms with van der Waals surface area (Å²) in [6.45, 7) is 0. The summed E-state index contributed by atoms with van der Waals surface area (Å²) in [6.07, 6.45) is -4.21. The molecule has 0 fully saturated rings. The minimum atomic E-state index is -4.21. The van der Waals surface area contributed by atoms with Gasteiger partial charge in [0.1, 0.15) is 0 Å². The van der Waals surface area contributed by atoms with Crippen LogP contribution in [0, 0.1) is 0 Å². The second-order valence-electron chi connectivity index (χ2n) is 3.43. The van der Waals surface area contributed by atoms with E-state index in [0.29, 0.717) is 0 Å². The van der Waals surface area contributed by atoms with E-state index < -0.39 is 33.5 Å². The first-order valence-electron chi connectivity index (χ1n) is 4.20. The van der Waals surface area contributed by atoms with E-state index in [1.807, 2.05) is 0 Å². The summed E-state index contributed by atoms with van der Waals surface area (Å²) in [4.78, 5) is 0. The Bertz CT molecular complexity index is 287. The molecule has 1 aromatic carbocycles. The average molecular weight is 398 g/mol. The van der Waals surface area contributed by atoms with Crippen molar-refractivity contribution in [3.05, 3.63) is 35.4 Å². The second kappa shape index (κ2) is 4.61. The van der Waals surface area contributed by atoms with Gasteiger partial charge in [0.25, 0.3) is 0 Å². The number of alkyl halides is 3. The van der Waals surface area contributed by atoms with E-state index in [4.69, 9.17) is 0 Å². The van der Waals surface area contributed by atoms with Gasteiger partial charge in [-0.3, -0.25) is 0 Å². The van der Waals surface area contributed by atoms with Crippen LogP contribution in [0.4, 0.5) is 13.2 Å². The van der Waals surface area contributed by atoms with Crippen LogP contribution in [0.25, 0.3) is 0 Å². The first kappa shape index (κ1) is 12.0. The third kappa shape index (κ3) is 3.57. The quantitative estimate of drug-likeness (QED) is 0.669. The normalized spacial score (nSPS) is 12.1. The van der Waals surface area contributed by atoms with Gasteiger partial charge in [-0.05, 0) is 0 Å². The summed E-state index contributed by atoms with van der Waals surface area (Å²) < 4.78 is 42.1. The number of benzene rings is 1. The van der Waals surface area contributed by atoms with Crippen molar-refractivity contribution in [1.82, 2.24) is 0 Å². The number of hydrogen-bond donors (Lipinski definition) is 0. The van der Waals surface area contributed by atoms with Crippen molar-refractivity contribution in [1.29, 1.82) is 0 Å². The van der Waals surface area contributed by atoms with E-state index >= 15 is 0 Å². The molecule has 0 spiro atoms. The molecule has 0 amide bonds. The Hall–Kier alpha value is -0.107. The van der Waals surface area contributed by atoms with Crippen molar-refractivity contribution in [2.75, 3.05) is 0 Å². The van der Waals surface area contributed by atoms with Gasteiger partial charge in [0.2, 0.25) is 0 Å². The van der Waals surface area contributed by atoms with E-state index in [0.717, 1.165) is 9.69 Å². The van der Waals surface area contributed by atoms with Gasteiger partial charge in [0.15, 0.2) is 0 Å². The molecule has 0 unspecified atom stereocenters. The van der Waals surface area contributed by atoms with Crippen LogP contribution >= 0.6 is 0 Å². The van der Waals surface area contributed by atoms with Gasteiger partial charge < -0.3 is 0 Å². The van der Waals surface area contributed by atoms with Crippen molar-refractivity contribution in [3.8, 4) is 0 Å². The summed E-state index contributed by atoms with van der Waals surface area (Å²) in [5.41, 5.74) is 0.486. The second-order valence-corrected chi connectivity index (χ2v) is 13.1. The fourth-order valence-corrected chi connectivity index (χ4v) is 4.82. The molecule has 0 N–H and O–H groups in total. The summed E-state index contributed by atoms with van der Waals surface area (Å²) in [5, 5.41) is 0. The van der Waals surface area contributed by atoms with Crippen molar-refractivity contribution in [2.24, 2.45) is 0 Å². The molecular weight excluding hydrogens is 386 g/mol. The number of halogens is 3. The predicted octanol–water partition coefficient (Wildman–Crippen LogP) is 3.54. The van der Waals surface area contributed by atoms with Crippen LogP contribution in [-0.2, 0) is 10.3 Å². The molecule has 0 aliphatic heterocycles. The van der Waals surface area contributed by atoms with Crippen molar-refractivity contribution in [3.63, 3.8) is 0 Å². The Morgan fingerprint density at radius 2 is 1.57 bits per heavy atom. The predicted molar refractivity (Wildman–Crippen MR) is 52.6 cm³/mol. The van der Waals surface area contributed by atoms with Crippen LogP contribution in [0.3, 0.4) is 0 Å². The molecular formula is C10H12BiF3. The molecule has 78 valence electrons. The Morgan fingerprint density at radius 3 is 1.93 bits per heavy atom. The molecule has 14 heavy (non-hydrogen) atoms. The van der Waals surface area contributed by atoms with Crippen LogP contribution in [-0.4, -0.2) is 21.8 Å². The van der Waals surface area contributed by atoms with Gasteiger partial charge in [-0.25, -0.2) is 0 Å². The van der Waals surface area contributed by atoms with Crippen LogP contribution in [0.5, 0.6) is 0 Å². The summed E-state index contributed by atoms with van der Waals surface area (Å²) in [6, 6.07) is 5.53. The molecule has 0 nitrogen and oxygen atoms in total. The zero-order chi connectivity index (χ0) is 10.8. The van der Waals surface area contributed by atoms with E-state index in [-0.39, 0.29) is 0 Å². The Labute approximate surface area is 89.8 Å². The fourth-order valence-electron chi connectivity index (χ4n) is 1.16. The van der Waals surface area contributed by atoms with Gasteiger partial charge in [-0.15, -0.1) is 0 Å². The van der Waals surface area contributed by atoms with Gasteiger partial charge in [-0.2, -0.15) is 0 Å². The minimum absolute atomic E-state index is 0.556. The van der Waals surface area contributed by atoms with Crippen molar-refractivity contribution >= 4 is 21.8 Å². The van der Waals surface area contributed by atoms with Gasteiger partial charge in [0.05, 0.1) is 0 Å². The molecule has 4 heteroatoms. The first-order valence-corrected chi connectivity index (χ1v) is 13.6. The maximum absolute atomic E-state index is 12.2. The molecule has 0 radical (unpaired) electrons. The molecule has 0 bridgehead atoms. The SMILES string of the molecule is [CH3][Bi]([CH3])[CH2]c1ccc(C(F)(F)F)cc1. The Morgan fingerprint density at radius 1 is 1.07 bits per heavy atom. The van der Waals surface area contributed by atoms with Gasteiger partial charge in [-0.1, -0.05) is 0 Å². The number of rotatable bonds is 2. The van der Waals surface area contributed by atoms with Crippen LogP contribution < -0.4 is 0 Å². The zero-order valence-electron chi connectivity index (χ0n) is 8.10. The van der Waals surface area contributed by atoms with Gasteiger partial charge in [0, 0.05) is 0 Å². The monoisotopic (exact) mass is 398 g/mol. The topological polar surface area (TPSA) is 0 Å². The van der Waals surface area contributed by atoms with E-state index in [2.05, 4.69) is 9.26 Å². The summed E-state index contributed by atoms with van der Waals surface area (Å²) in [7, 11) is 0. The molecule has 0 aromatic heterocycles. The molecule has 1 aromatic rings. The third-order valence-electron chi connectivity index (χ3n) is 1.78. The maximum atomic E-state index is 12.2. The van der Waals surface area contributed by atoms with Gasteiger partial charge >= 0.3 is 89.9 Å². The van der Waals surface area contributed by atoms with E-state index in [1.165, 1.54) is 12.1 Å². The zero-order valence-corrected chi connectivity index (χ0v) is 11.6. The fraction of sp³-hybridized carbons (Fsp3) is 0.400. The van der Waals surface area contributed by atoms with E-state index in [9.17, 15) is 13.2 Å². The Balaban J connectivity index is 2.79. The molecule has 1 rings (SSSR count). The summed E-state index contributed by atoms with van der Waals surface area (Å²) >= 11 is -1.30. The summed E-state index contributed by atoms with van der Waals surface area (Å²) in [5.74, 6) is 0. The molecule has 0 atom stereocenters. The van der Waals surface area contributed by atoms with Crippen molar-refractivity contribution in [2.45, 2.75) is 19.6 Å². The Kier molecular flexibility index (Phi) is 3.94. The van der Waals surface area contributed by atoms with Crippen LogP contribution in [0.2, 0.25) is 9.26 Å². The third-order valence-corrected chi connectivity index (χ3v) is 5.66. The van der Waals surface area contributed by atoms with Crippen LogP contribution in [0.1, 0.15) is 11.1 Å². The first-order chi connectivity index (χ1) is 6.39. The standard InChI is InChI=1S/C8H6F3.2CH3.Bi/c1-6-2-4-7(5-3-6)8(9,10)11;;;/h2-5H,1H2;2*1H3;. The molecule has 0 heterocycles. The van der Waals surface area contributed by atoms with E-state index in [1.54, 1.807) is 12.1 Å².